The molecule has 3 aromatic rings. The lowest BCUT2D eigenvalue weighted by Gasteiger charge is -2.26. The maximum absolute atomic E-state index is 13.9. The Morgan fingerprint density at radius 1 is 0.903 bits per heavy atom. The zero-order valence-electron chi connectivity index (χ0n) is 18.7. The Labute approximate surface area is 187 Å². The summed E-state index contributed by atoms with van der Waals surface area (Å²) < 4.78 is 13.9. The molecule has 3 nitrogen and oxygen atoms in total. The number of carbonyl (C=O) groups is 1. The van der Waals surface area contributed by atoms with Gasteiger partial charge in [-0.05, 0) is 61.9 Å². The third kappa shape index (κ3) is 6.02. The molecule has 0 spiro atoms. The van der Waals surface area contributed by atoms with Gasteiger partial charge in [0.1, 0.15) is 11.9 Å². The third-order valence-corrected chi connectivity index (χ3v) is 5.71. The molecule has 0 radical (unpaired) electrons. The molecule has 31 heavy (non-hydrogen) atoms. The molecule has 0 aliphatic heterocycles. The van der Waals surface area contributed by atoms with E-state index in [1.807, 2.05) is 43.3 Å². The molecule has 2 atom stereocenters. The van der Waals surface area contributed by atoms with Crippen molar-refractivity contribution >= 4 is 5.91 Å². The second kappa shape index (κ2) is 10.4. The van der Waals surface area contributed by atoms with Gasteiger partial charge in [-0.25, -0.2) is 4.39 Å². The van der Waals surface area contributed by atoms with Crippen molar-refractivity contribution in [1.29, 1.82) is 0 Å². The summed E-state index contributed by atoms with van der Waals surface area (Å²) in [5, 5.41) is 6.32. The minimum Gasteiger partial charge on any atom is -0.358 e. The van der Waals surface area contributed by atoms with E-state index in [1.165, 1.54) is 17.2 Å². The number of carbonyl (C=O) groups excluding carboxylic acids is 1. The standard InChI is InChI=1S/C27H31FN2O.2H2/c1-18-5-9-21(10-6-18)11-16-25(23-14-15-24(28)20(3)17-23)30-26(27(31)29-4)22-12-7-19(2)8-13-22;;/h5-10,12-15,17,25-26,30H,11,16H2,1-4H3,(H,29,31);2*1H/t25-,26+;;/m0../s1. The molecule has 166 valence electrons. The van der Waals surface area contributed by atoms with E-state index in [-0.39, 0.29) is 20.6 Å². The van der Waals surface area contributed by atoms with Crippen molar-refractivity contribution in [1.82, 2.24) is 10.6 Å². The predicted octanol–water partition coefficient (Wildman–Crippen LogP) is 5.99. The van der Waals surface area contributed by atoms with E-state index in [9.17, 15) is 9.18 Å². The van der Waals surface area contributed by atoms with Crippen LogP contribution in [0.5, 0.6) is 0 Å². The fraction of sp³-hybridized carbons (Fsp3) is 0.296. The summed E-state index contributed by atoms with van der Waals surface area (Å²) in [5.74, 6) is -0.314. The highest BCUT2D eigenvalue weighted by atomic mass is 19.1. The van der Waals surface area contributed by atoms with Gasteiger partial charge in [0, 0.05) is 15.9 Å². The number of benzene rings is 3. The summed E-state index contributed by atoms with van der Waals surface area (Å²) in [7, 11) is 1.65. The minimum absolute atomic E-state index is 0. The predicted molar refractivity (Wildman–Crippen MR) is 129 cm³/mol. The van der Waals surface area contributed by atoms with Crippen LogP contribution in [0.25, 0.3) is 0 Å². The van der Waals surface area contributed by atoms with Crippen molar-refractivity contribution in [3.63, 3.8) is 0 Å². The average molecular weight is 423 g/mol. The summed E-state index contributed by atoms with van der Waals surface area (Å²) in [4.78, 5) is 12.8. The molecule has 3 rings (SSSR count). The number of nitrogens with one attached hydrogen (secondary N) is 2. The summed E-state index contributed by atoms with van der Waals surface area (Å²) in [6.45, 7) is 5.87. The van der Waals surface area contributed by atoms with Gasteiger partial charge in [0.2, 0.25) is 5.91 Å². The van der Waals surface area contributed by atoms with Crippen molar-refractivity contribution in [3.8, 4) is 0 Å². The Balaban J connectivity index is 0.00000272. The Bertz CT molecular complexity index is 1020. The first kappa shape index (κ1) is 22.7. The normalized spacial score (nSPS) is 12.9. The van der Waals surface area contributed by atoms with E-state index < -0.39 is 6.04 Å². The molecule has 0 saturated heterocycles. The summed E-state index contributed by atoms with van der Waals surface area (Å²) in [5.41, 5.74) is 6.10. The van der Waals surface area contributed by atoms with E-state index in [4.69, 9.17) is 0 Å². The molecule has 0 unspecified atom stereocenters. The Morgan fingerprint density at radius 2 is 1.48 bits per heavy atom. The van der Waals surface area contributed by atoms with Gasteiger partial charge in [-0.1, -0.05) is 71.8 Å². The number of hydrogen-bond acceptors (Lipinski definition) is 2. The fourth-order valence-corrected chi connectivity index (χ4v) is 3.72. The average Bonchev–Trinajstić information content (AvgIpc) is 2.77. The lowest BCUT2D eigenvalue weighted by molar-refractivity contribution is -0.123. The summed E-state index contributed by atoms with van der Waals surface area (Å²) in [6.07, 6.45) is 1.64. The Morgan fingerprint density at radius 3 is 2.06 bits per heavy atom. The molecule has 0 aliphatic rings. The second-order valence-electron chi connectivity index (χ2n) is 8.21. The van der Waals surface area contributed by atoms with Crippen molar-refractivity contribution in [3.05, 3.63) is 106 Å². The van der Waals surface area contributed by atoms with Gasteiger partial charge in [0.05, 0.1) is 0 Å². The first-order chi connectivity index (χ1) is 14.9. The highest BCUT2D eigenvalue weighted by Crippen LogP contribution is 2.26. The first-order valence-electron chi connectivity index (χ1n) is 10.7. The van der Waals surface area contributed by atoms with Crippen molar-refractivity contribution in [2.24, 2.45) is 0 Å². The van der Waals surface area contributed by atoms with E-state index in [2.05, 4.69) is 41.8 Å². The molecule has 3 aromatic carbocycles. The zero-order valence-corrected chi connectivity index (χ0v) is 18.7. The van der Waals surface area contributed by atoms with Gasteiger partial charge in [-0.15, -0.1) is 0 Å². The van der Waals surface area contributed by atoms with Crippen molar-refractivity contribution in [2.75, 3.05) is 7.05 Å². The van der Waals surface area contributed by atoms with Crippen LogP contribution in [0.2, 0.25) is 0 Å². The third-order valence-electron chi connectivity index (χ3n) is 5.71. The molecule has 0 fully saturated rings. The zero-order chi connectivity index (χ0) is 22.4. The maximum Gasteiger partial charge on any atom is 0.241 e. The topological polar surface area (TPSA) is 41.1 Å². The number of hydrogen-bond donors (Lipinski definition) is 2. The van der Waals surface area contributed by atoms with Gasteiger partial charge in [-0.3, -0.25) is 10.1 Å². The number of halogens is 1. The lowest BCUT2D eigenvalue weighted by Crippen LogP contribution is -2.38. The van der Waals surface area contributed by atoms with Crippen LogP contribution in [0.1, 0.15) is 54.7 Å². The van der Waals surface area contributed by atoms with E-state index in [0.29, 0.717) is 5.56 Å². The Hall–Kier alpha value is -2.98. The maximum atomic E-state index is 13.9. The van der Waals surface area contributed by atoms with E-state index in [1.54, 1.807) is 14.0 Å². The van der Waals surface area contributed by atoms with Crippen molar-refractivity contribution in [2.45, 2.75) is 45.7 Å². The van der Waals surface area contributed by atoms with Crippen LogP contribution in [0.4, 0.5) is 4.39 Å². The SMILES string of the molecule is CNC(=O)[C@H](N[C@@H](CCc1ccc(C)cc1)c1ccc(F)c(C)c1)c1ccc(C)cc1.[HH].[HH]. The molecular weight excluding hydrogens is 387 g/mol. The van der Waals surface area contributed by atoms with Crippen LogP contribution in [0.15, 0.2) is 66.7 Å². The number of amides is 1. The van der Waals surface area contributed by atoms with Crippen LogP contribution in [-0.2, 0) is 11.2 Å². The molecule has 0 bridgehead atoms. The largest absolute Gasteiger partial charge is 0.358 e. The molecule has 0 heterocycles. The number of rotatable bonds is 8. The van der Waals surface area contributed by atoms with Gasteiger partial charge in [-0.2, -0.15) is 0 Å². The number of likely N-dealkylation sites (N-methyl/N-ethyl adjacent to an activating group) is 1. The monoisotopic (exact) mass is 422 g/mol. The second-order valence-corrected chi connectivity index (χ2v) is 8.21. The van der Waals surface area contributed by atoms with Crippen LogP contribution in [-0.4, -0.2) is 13.0 Å². The van der Waals surface area contributed by atoms with Crippen molar-refractivity contribution < 1.29 is 12.0 Å². The highest BCUT2D eigenvalue weighted by molar-refractivity contribution is 5.83. The summed E-state index contributed by atoms with van der Waals surface area (Å²) in [6, 6.07) is 21.1. The number of aryl methyl sites for hydroxylation is 4. The molecule has 0 aliphatic carbocycles. The van der Waals surface area contributed by atoms with Crippen LogP contribution in [0.3, 0.4) is 0 Å². The van der Waals surface area contributed by atoms with Gasteiger partial charge in [0.15, 0.2) is 0 Å². The summed E-state index contributed by atoms with van der Waals surface area (Å²) >= 11 is 0. The first-order valence-corrected chi connectivity index (χ1v) is 10.7. The molecule has 0 aromatic heterocycles. The van der Waals surface area contributed by atoms with E-state index in [0.717, 1.165) is 29.5 Å². The van der Waals surface area contributed by atoms with Crippen LogP contribution >= 0.6 is 0 Å². The van der Waals surface area contributed by atoms with E-state index >= 15 is 0 Å². The van der Waals surface area contributed by atoms with Gasteiger partial charge < -0.3 is 5.32 Å². The van der Waals surface area contributed by atoms with Gasteiger partial charge >= 0.3 is 0 Å². The smallest absolute Gasteiger partial charge is 0.241 e. The highest BCUT2D eigenvalue weighted by Gasteiger charge is 2.24. The molecule has 2 N–H and O–H groups in total. The quantitative estimate of drug-likeness (QED) is 0.468. The molecule has 4 heteroatoms. The molecule has 0 saturated carbocycles. The van der Waals surface area contributed by atoms with Gasteiger partial charge in [0.25, 0.3) is 0 Å². The van der Waals surface area contributed by atoms with Crippen LogP contribution in [0, 0.1) is 26.6 Å². The van der Waals surface area contributed by atoms with Crippen LogP contribution < -0.4 is 10.6 Å². The molecule has 1 amide bonds. The fourth-order valence-electron chi connectivity index (χ4n) is 3.72. The lowest BCUT2D eigenvalue weighted by atomic mass is 9.95. The minimum atomic E-state index is -0.501. The Kier molecular flexibility index (Phi) is 7.59. The molecular formula is C27H35FN2O.